The second-order valence-corrected chi connectivity index (χ2v) is 12.4. The number of hydrogen-bond donors (Lipinski definition) is 2. The first-order chi connectivity index (χ1) is 19.9. The fourth-order valence-corrected chi connectivity index (χ4v) is 6.01. The van der Waals surface area contributed by atoms with Gasteiger partial charge in [-0.15, -0.1) is 0 Å². The Morgan fingerprint density at radius 3 is 2.40 bits per heavy atom. The zero-order chi connectivity index (χ0) is 29.9. The number of nitrogens with one attached hydrogen (secondary N) is 1. The summed E-state index contributed by atoms with van der Waals surface area (Å²) in [6.07, 6.45) is 1.86. The maximum Gasteiger partial charge on any atom is 0.408 e. The van der Waals surface area contributed by atoms with Gasteiger partial charge in [-0.1, -0.05) is 54.6 Å². The molecule has 0 spiro atoms. The van der Waals surface area contributed by atoms with Crippen molar-refractivity contribution in [1.29, 1.82) is 5.26 Å². The van der Waals surface area contributed by atoms with Crippen molar-refractivity contribution >= 4 is 22.8 Å². The number of aliphatic hydroxyl groups is 1. The molecular formula is C33H32N6O3. The molecule has 1 aliphatic carbocycles. The zero-order valence-electron chi connectivity index (χ0n) is 24.3. The molecule has 6 rings (SSSR count). The topological polar surface area (TPSA) is 125 Å². The summed E-state index contributed by atoms with van der Waals surface area (Å²) in [6.45, 7) is 9.10. The number of hydrogen-bond acceptors (Lipinski definition) is 7. The molecule has 1 amide bonds. The van der Waals surface area contributed by atoms with Crippen molar-refractivity contribution in [3.8, 4) is 28.5 Å². The molecule has 1 aliphatic rings. The maximum absolute atomic E-state index is 12.8. The van der Waals surface area contributed by atoms with Crippen LogP contribution in [0.4, 0.5) is 4.79 Å². The van der Waals surface area contributed by atoms with E-state index in [9.17, 15) is 15.2 Å². The smallest absolute Gasteiger partial charge is 0.408 e. The van der Waals surface area contributed by atoms with E-state index in [-0.39, 0.29) is 0 Å². The van der Waals surface area contributed by atoms with E-state index in [1.165, 1.54) is 0 Å². The van der Waals surface area contributed by atoms with Crippen LogP contribution in [0.15, 0.2) is 66.9 Å². The van der Waals surface area contributed by atoms with E-state index in [1.54, 1.807) is 17.6 Å². The van der Waals surface area contributed by atoms with Gasteiger partial charge in [0.1, 0.15) is 11.7 Å². The number of carbonyl (C=O) groups excluding carboxylic acids is 1. The molecule has 0 bridgehead atoms. The molecule has 2 aromatic carbocycles. The highest BCUT2D eigenvalue weighted by Crippen LogP contribution is 2.49. The van der Waals surface area contributed by atoms with Crippen molar-refractivity contribution in [2.45, 2.75) is 64.2 Å². The number of ether oxygens (including phenoxy) is 1. The first kappa shape index (κ1) is 27.4. The van der Waals surface area contributed by atoms with Gasteiger partial charge in [-0.05, 0) is 45.7 Å². The number of aromatic nitrogens is 4. The van der Waals surface area contributed by atoms with Crippen LogP contribution in [0.25, 0.3) is 39.1 Å². The highest BCUT2D eigenvalue weighted by atomic mass is 16.6. The van der Waals surface area contributed by atoms with E-state index in [0.717, 1.165) is 22.4 Å². The number of aryl methyl sites for hydroxylation is 1. The molecule has 9 nitrogen and oxygen atoms in total. The minimum atomic E-state index is -0.906. The van der Waals surface area contributed by atoms with E-state index in [2.05, 4.69) is 21.5 Å². The van der Waals surface area contributed by atoms with Crippen LogP contribution < -0.4 is 5.32 Å². The lowest BCUT2D eigenvalue weighted by Crippen LogP contribution is -2.62. The molecule has 42 heavy (non-hydrogen) atoms. The summed E-state index contributed by atoms with van der Waals surface area (Å²) in [5.74, 6) is 0. The number of alkyl carbamates (subject to hydrolysis) is 1. The van der Waals surface area contributed by atoms with Crippen molar-refractivity contribution < 1.29 is 14.6 Å². The molecule has 0 saturated heterocycles. The van der Waals surface area contributed by atoms with Gasteiger partial charge in [-0.25, -0.2) is 14.8 Å². The number of fused-ring (bicyclic) bond motifs is 3. The monoisotopic (exact) mass is 560 g/mol. The lowest BCUT2D eigenvalue weighted by atomic mass is 9.62. The summed E-state index contributed by atoms with van der Waals surface area (Å²) in [6, 6.07) is 21.8. The summed E-state index contributed by atoms with van der Waals surface area (Å²) in [5.41, 5.74) is 3.97. The molecule has 1 saturated carbocycles. The second-order valence-electron chi connectivity index (χ2n) is 12.4. The number of carbonyl (C=O) groups is 1. The van der Waals surface area contributed by atoms with Gasteiger partial charge in [0.25, 0.3) is 0 Å². The van der Waals surface area contributed by atoms with Crippen LogP contribution in [0.5, 0.6) is 0 Å². The Balaban J connectivity index is 1.50. The van der Waals surface area contributed by atoms with Crippen LogP contribution in [-0.4, -0.2) is 42.0 Å². The van der Waals surface area contributed by atoms with Gasteiger partial charge in [0.05, 0.1) is 33.5 Å². The highest BCUT2D eigenvalue weighted by Gasteiger charge is 2.53. The zero-order valence-corrected chi connectivity index (χ0v) is 24.3. The largest absolute Gasteiger partial charge is 0.444 e. The van der Waals surface area contributed by atoms with E-state index >= 15 is 0 Å². The lowest BCUT2D eigenvalue weighted by molar-refractivity contribution is -0.0892. The Bertz CT molecular complexity index is 1870. The van der Waals surface area contributed by atoms with Gasteiger partial charge in [0.15, 0.2) is 11.3 Å². The highest BCUT2D eigenvalue weighted by molar-refractivity contribution is 5.97. The van der Waals surface area contributed by atoms with E-state index < -0.39 is 22.8 Å². The fourth-order valence-electron chi connectivity index (χ4n) is 6.01. The Labute approximate surface area is 243 Å². The van der Waals surface area contributed by atoms with E-state index in [1.807, 2.05) is 88.4 Å². The van der Waals surface area contributed by atoms with Crippen LogP contribution in [0.3, 0.4) is 0 Å². The van der Waals surface area contributed by atoms with Gasteiger partial charge in [0.2, 0.25) is 0 Å². The van der Waals surface area contributed by atoms with Crippen LogP contribution >= 0.6 is 0 Å². The summed E-state index contributed by atoms with van der Waals surface area (Å²) in [4.78, 5) is 22.4. The summed E-state index contributed by atoms with van der Waals surface area (Å²) in [5, 5.41) is 29.3. The van der Waals surface area contributed by atoms with Crippen LogP contribution in [0.1, 0.15) is 57.4 Å². The minimum absolute atomic E-state index is 0.351. The van der Waals surface area contributed by atoms with Crippen molar-refractivity contribution in [2.75, 3.05) is 0 Å². The Kier molecular flexibility index (Phi) is 6.28. The number of nitriles is 1. The lowest BCUT2D eigenvalue weighted by Gasteiger charge is -2.52. The van der Waals surface area contributed by atoms with E-state index in [4.69, 9.17) is 9.72 Å². The third kappa shape index (κ3) is 4.84. The molecule has 3 aromatic heterocycles. The quantitative estimate of drug-likeness (QED) is 0.274. The van der Waals surface area contributed by atoms with Gasteiger partial charge >= 0.3 is 6.09 Å². The van der Waals surface area contributed by atoms with Gasteiger partial charge in [-0.3, -0.25) is 0 Å². The number of amides is 1. The molecule has 0 atom stereocenters. The number of benzene rings is 2. The predicted octanol–water partition coefficient (Wildman–Crippen LogP) is 6.06. The predicted molar refractivity (Wildman–Crippen MR) is 160 cm³/mol. The number of pyridine rings is 1. The summed E-state index contributed by atoms with van der Waals surface area (Å²) >= 11 is 0. The standard InChI is InChI=1S/C33H32N6O3/c1-20-15-26-35-17-25-24(16-34)27(21-9-7-6-8-10-21)28(36-29(25)39(26)38-20)22-11-13-23(14-12-22)33(18-32(5,41)19-33)37-30(40)42-31(2,3)4/h6-15,17,41H,18-19H2,1-5H3,(H,37,40). The first-order valence-electron chi connectivity index (χ1n) is 13.9. The molecule has 0 unspecified atom stereocenters. The third-order valence-corrected chi connectivity index (χ3v) is 7.54. The Morgan fingerprint density at radius 1 is 1.10 bits per heavy atom. The van der Waals surface area contributed by atoms with Gasteiger partial charge < -0.3 is 15.2 Å². The molecular weight excluding hydrogens is 528 g/mol. The molecule has 212 valence electrons. The average molecular weight is 561 g/mol. The molecule has 3 heterocycles. The molecule has 0 radical (unpaired) electrons. The van der Waals surface area contributed by atoms with Crippen LogP contribution in [-0.2, 0) is 10.3 Å². The van der Waals surface area contributed by atoms with Crippen molar-refractivity contribution in [2.24, 2.45) is 0 Å². The third-order valence-electron chi connectivity index (χ3n) is 7.54. The molecule has 2 N–H and O–H groups in total. The second kappa shape index (κ2) is 9.64. The van der Waals surface area contributed by atoms with Crippen LogP contribution in [0, 0.1) is 18.3 Å². The van der Waals surface area contributed by atoms with Gasteiger partial charge in [-0.2, -0.15) is 14.9 Å². The van der Waals surface area contributed by atoms with Crippen molar-refractivity contribution in [3.05, 3.63) is 83.7 Å². The minimum Gasteiger partial charge on any atom is -0.444 e. The maximum atomic E-state index is 12.8. The summed E-state index contributed by atoms with van der Waals surface area (Å²) in [7, 11) is 0. The molecule has 1 fully saturated rings. The molecule has 9 heteroatoms. The van der Waals surface area contributed by atoms with Gasteiger partial charge in [0, 0.05) is 36.2 Å². The normalized spacial score (nSPS) is 20.2. The Morgan fingerprint density at radius 2 is 1.79 bits per heavy atom. The van der Waals surface area contributed by atoms with Crippen LogP contribution in [0.2, 0.25) is 0 Å². The van der Waals surface area contributed by atoms with Crippen molar-refractivity contribution in [1.82, 2.24) is 24.9 Å². The molecule has 5 aromatic rings. The van der Waals surface area contributed by atoms with Crippen molar-refractivity contribution in [3.63, 3.8) is 0 Å². The summed E-state index contributed by atoms with van der Waals surface area (Å²) < 4.78 is 7.21. The number of rotatable bonds is 4. The Hall–Kier alpha value is -4.81. The SMILES string of the molecule is Cc1cc2ncc3c(C#N)c(-c4ccccc4)c(-c4ccc(C5(NC(=O)OC(C)(C)C)CC(C)(O)C5)cc4)nc3n2n1. The average Bonchev–Trinajstić information content (AvgIpc) is 3.31. The molecule has 0 aliphatic heterocycles. The number of nitrogens with zero attached hydrogens (tertiary/aromatic N) is 5. The first-order valence-corrected chi connectivity index (χ1v) is 13.9. The van der Waals surface area contributed by atoms with E-state index in [0.29, 0.717) is 46.3 Å². The fraction of sp³-hybridized carbons (Fsp3) is 0.303.